The van der Waals surface area contributed by atoms with Crippen molar-refractivity contribution in [2.45, 2.75) is 37.9 Å². The van der Waals surface area contributed by atoms with Gasteiger partial charge in [-0.05, 0) is 37.5 Å². The molecule has 0 aromatic heterocycles. The van der Waals surface area contributed by atoms with Crippen molar-refractivity contribution in [3.8, 4) is 5.75 Å². The minimum Gasteiger partial charge on any atom is -0.497 e. The molecule has 2 aliphatic rings. The van der Waals surface area contributed by atoms with Crippen LogP contribution in [0.1, 0.15) is 24.8 Å². The molecule has 1 unspecified atom stereocenters. The number of hydrogen-bond acceptors (Lipinski definition) is 5. The minimum atomic E-state index is -0.224. The van der Waals surface area contributed by atoms with E-state index in [1.807, 2.05) is 12.1 Å². The SMILES string of the molecule is COc1ccc(CN2CCN(C3CCN(c4ccccc4)CC3)CC2CCO)c(F)c1. The van der Waals surface area contributed by atoms with Crippen molar-refractivity contribution in [3.63, 3.8) is 0 Å². The molecular weight excluding hydrogens is 393 g/mol. The highest BCUT2D eigenvalue weighted by Crippen LogP contribution is 2.26. The number of para-hydroxylation sites is 1. The van der Waals surface area contributed by atoms with Gasteiger partial charge in [0.2, 0.25) is 0 Å². The van der Waals surface area contributed by atoms with Crippen molar-refractivity contribution in [3.05, 3.63) is 59.9 Å². The third kappa shape index (κ3) is 5.37. The van der Waals surface area contributed by atoms with Gasteiger partial charge in [0.25, 0.3) is 0 Å². The van der Waals surface area contributed by atoms with Gasteiger partial charge in [-0.15, -0.1) is 0 Å². The van der Waals surface area contributed by atoms with Gasteiger partial charge in [0.15, 0.2) is 0 Å². The number of hydrogen-bond donors (Lipinski definition) is 1. The lowest BCUT2D eigenvalue weighted by molar-refractivity contribution is 0.0249. The van der Waals surface area contributed by atoms with Crippen LogP contribution >= 0.6 is 0 Å². The normalized spacial score (nSPS) is 21.4. The number of benzene rings is 2. The summed E-state index contributed by atoms with van der Waals surface area (Å²) < 4.78 is 19.6. The number of rotatable bonds is 7. The van der Waals surface area contributed by atoms with E-state index in [4.69, 9.17) is 4.74 Å². The summed E-state index contributed by atoms with van der Waals surface area (Å²) in [5.74, 6) is 0.317. The maximum Gasteiger partial charge on any atom is 0.131 e. The van der Waals surface area contributed by atoms with Gasteiger partial charge in [0, 0.05) is 75.3 Å². The zero-order valence-corrected chi connectivity index (χ0v) is 18.4. The summed E-state index contributed by atoms with van der Waals surface area (Å²) >= 11 is 0. The Bertz CT molecular complexity index is 827. The number of anilines is 1. The van der Waals surface area contributed by atoms with Crippen molar-refractivity contribution in [1.29, 1.82) is 0 Å². The van der Waals surface area contributed by atoms with Crippen LogP contribution < -0.4 is 9.64 Å². The van der Waals surface area contributed by atoms with Crippen LogP contribution in [0, 0.1) is 5.82 Å². The lowest BCUT2D eigenvalue weighted by Crippen LogP contribution is -2.57. The van der Waals surface area contributed by atoms with E-state index < -0.39 is 0 Å². The Balaban J connectivity index is 1.35. The molecule has 0 amide bonds. The van der Waals surface area contributed by atoms with Gasteiger partial charge in [0.1, 0.15) is 11.6 Å². The Kier molecular flexibility index (Phi) is 7.43. The van der Waals surface area contributed by atoms with Gasteiger partial charge < -0.3 is 14.7 Å². The lowest BCUT2D eigenvalue weighted by atomic mass is 9.98. The molecule has 168 valence electrons. The fourth-order valence-electron chi connectivity index (χ4n) is 5.01. The van der Waals surface area contributed by atoms with E-state index in [1.165, 1.54) is 11.8 Å². The molecule has 2 aromatic rings. The number of halogens is 1. The molecule has 0 spiro atoms. The summed E-state index contributed by atoms with van der Waals surface area (Å²) in [6.45, 7) is 5.72. The molecule has 2 fully saturated rings. The van der Waals surface area contributed by atoms with Gasteiger partial charge in [-0.3, -0.25) is 9.80 Å². The number of piperidine rings is 1. The third-order valence-corrected chi connectivity index (χ3v) is 6.83. The maximum absolute atomic E-state index is 14.5. The molecule has 0 radical (unpaired) electrons. The second kappa shape index (κ2) is 10.4. The standard InChI is InChI=1S/C25H34FN3O2/c1-31-24-8-7-20(25(26)17-24)18-28-14-15-29(19-23(28)11-16-30)22-9-12-27(13-10-22)21-5-3-2-4-6-21/h2-8,17,22-23,30H,9-16,18-19H2,1H3. The topological polar surface area (TPSA) is 39.2 Å². The van der Waals surface area contributed by atoms with E-state index in [0.717, 1.165) is 52.0 Å². The Hall–Kier alpha value is -2.15. The first-order valence-corrected chi connectivity index (χ1v) is 11.4. The summed E-state index contributed by atoms with van der Waals surface area (Å²) in [6.07, 6.45) is 3.04. The van der Waals surface area contributed by atoms with Crippen LogP contribution in [0.4, 0.5) is 10.1 Å². The van der Waals surface area contributed by atoms with E-state index in [2.05, 4.69) is 45.0 Å². The quantitative estimate of drug-likeness (QED) is 0.734. The van der Waals surface area contributed by atoms with Crippen molar-refractivity contribution < 1.29 is 14.2 Å². The number of aliphatic hydroxyl groups excluding tert-OH is 1. The fraction of sp³-hybridized carbons (Fsp3) is 0.520. The van der Waals surface area contributed by atoms with Gasteiger partial charge in [-0.2, -0.15) is 0 Å². The van der Waals surface area contributed by atoms with Crippen LogP contribution in [0.25, 0.3) is 0 Å². The number of aliphatic hydroxyl groups is 1. The lowest BCUT2D eigenvalue weighted by Gasteiger charge is -2.47. The molecule has 0 aliphatic carbocycles. The third-order valence-electron chi connectivity index (χ3n) is 6.83. The summed E-state index contributed by atoms with van der Waals surface area (Å²) in [7, 11) is 1.55. The molecule has 1 atom stereocenters. The van der Waals surface area contributed by atoms with Crippen molar-refractivity contribution in [1.82, 2.24) is 9.80 Å². The number of piperazine rings is 1. The molecule has 2 aromatic carbocycles. The second-order valence-corrected chi connectivity index (χ2v) is 8.64. The average Bonchev–Trinajstić information content (AvgIpc) is 2.82. The summed E-state index contributed by atoms with van der Waals surface area (Å²) in [4.78, 5) is 7.41. The van der Waals surface area contributed by atoms with E-state index in [0.29, 0.717) is 23.9 Å². The molecule has 2 heterocycles. The summed E-state index contributed by atoms with van der Waals surface area (Å²) in [5.41, 5.74) is 2.00. The van der Waals surface area contributed by atoms with Crippen LogP contribution in [0.3, 0.4) is 0 Å². The molecule has 31 heavy (non-hydrogen) atoms. The largest absolute Gasteiger partial charge is 0.497 e. The highest BCUT2D eigenvalue weighted by molar-refractivity contribution is 5.46. The molecule has 6 heteroatoms. The van der Waals surface area contributed by atoms with E-state index >= 15 is 0 Å². The summed E-state index contributed by atoms with van der Waals surface area (Å²) in [6, 6.07) is 16.6. The second-order valence-electron chi connectivity index (χ2n) is 8.64. The molecule has 0 bridgehead atoms. The van der Waals surface area contributed by atoms with Crippen LogP contribution in [0.15, 0.2) is 48.5 Å². The van der Waals surface area contributed by atoms with Crippen molar-refractivity contribution in [2.75, 3.05) is 51.3 Å². The average molecular weight is 428 g/mol. The Morgan fingerprint density at radius 3 is 2.48 bits per heavy atom. The molecule has 5 nitrogen and oxygen atoms in total. The minimum absolute atomic E-state index is 0.159. The molecule has 2 saturated heterocycles. The molecule has 4 rings (SSSR count). The first-order chi connectivity index (χ1) is 15.2. The Morgan fingerprint density at radius 2 is 1.81 bits per heavy atom. The van der Waals surface area contributed by atoms with Crippen LogP contribution in [-0.4, -0.2) is 73.4 Å². The number of nitrogens with zero attached hydrogens (tertiary/aromatic N) is 3. The predicted molar refractivity (Wildman–Crippen MR) is 122 cm³/mol. The first-order valence-electron chi connectivity index (χ1n) is 11.4. The van der Waals surface area contributed by atoms with E-state index in [-0.39, 0.29) is 18.5 Å². The molecule has 2 aliphatic heterocycles. The molecule has 1 N–H and O–H groups in total. The highest BCUT2D eigenvalue weighted by Gasteiger charge is 2.32. The Labute approximate surface area is 185 Å². The highest BCUT2D eigenvalue weighted by atomic mass is 19.1. The number of methoxy groups -OCH3 is 1. The Morgan fingerprint density at radius 1 is 1.03 bits per heavy atom. The number of ether oxygens (including phenoxy) is 1. The van der Waals surface area contributed by atoms with E-state index in [9.17, 15) is 9.50 Å². The molecular formula is C25H34FN3O2. The van der Waals surface area contributed by atoms with Crippen LogP contribution in [0.2, 0.25) is 0 Å². The van der Waals surface area contributed by atoms with Gasteiger partial charge in [-0.1, -0.05) is 24.3 Å². The maximum atomic E-state index is 14.5. The fourth-order valence-corrected chi connectivity index (χ4v) is 5.01. The van der Waals surface area contributed by atoms with Crippen molar-refractivity contribution in [2.24, 2.45) is 0 Å². The zero-order valence-electron chi connectivity index (χ0n) is 18.4. The first kappa shape index (κ1) is 22.1. The zero-order chi connectivity index (χ0) is 21.6. The monoisotopic (exact) mass is 427 g/mol. The summed E-state index contributed by atoms with van der Waals surface area (Å²) in [5, 5.41) is 9.64. The molecule has 0 saturated carbocycles. The van der Waals surface area contributed by atoms with E-state index in [1.54, 1.807) is 7.11 Å². The van der Waals surface area contributed by atoms with Gasteiger partial charge in [-0.25, -0.2) is 4.39 Å². The smallest absolute Gasteiger partial charge is 0.131 e. The van der Waals surface area contributed by atoms with Gasteiger partial charge >= 0.3 is 0 Å². The van der Waals surface area contributed by atoms with Gasteiger partial charge in [0.05, 0.1) is 7.11 Å². The predicted octanol–water partition coefficient (Wildman–Crippen LogP) is 3.37. The van der Waals surface area contributed by atoms with Crippen LogP contribution in [-0.2, 0) is 6.54 Å². The van der Waals surface area contributed by atoms with Crippen LogP contribution in [0.5, 0.6) is 5.75 Å². The van der Waals surface area contributed by atoms with Crippen molar-refractivity contribution >= 4 is 5.69 Å².